The fraction of sp³-hybridized carbons (Fsp3) is 0.609. The van der Waals surface area contributed by atoms with E-state index in [-0.39, 0.29) is 36.5 Å². The molecule has 0 saturated carbocycles. The quantitative estimate of drug-likeness (QED) is 0.801. The Labute approximate surface area is 177 Å². The van der Waals surface area contributed by atoms with Crippen molar-refractivity contribution in [3.63, 3.8) is 0 Å². The minimum absolute atomic E-state index is 0.0526. The predicted octanol–water partition coefficient (Wildman–Crippen LogP) is 2.08. The number of aliphatic hydroxyl groups excluding tert-OH is 1. The molecule has 3 aliphatic heterocycles. The first-order valence-corrected chi connectivity index (χ1v) is 10.9. The Morgan fingerprint density at radius 2 is 1.93 bits per heavy atom. The second kappa shape index (κ2) is 8.02. The van der Waals surface area contributed by atoms with Crippen molar-refractivity contribution in [3.05, 3.63) is 29.3 Å². The number of Topliss-reactive ketones (excluding diaryl/α,β-unsaturated/α-hetero) is 1. The number of rotatable bonds is 2. The zero-order chi connectivity index (χ0) is 21.5. The normalized spacial score (nSPS) is 26.2. The molecule has 2 saturated heterocycles. The first kappa shape index (κ1) is 20.8. The van der Waals surface area contributed by atoms with Crippen LogP contribution in [0.15, 0.2) is 18.2 Å². The third-order valence-corrected chi connectivity index (χ3v) is 6.77. The van der Waals surface area contributed by atoms with Gasteiger partial charge >= 0.3 is 0 Å². The summed E-state index contributed by atoms with van der Waals surface area (Å²) >= 11 is 0. The Hall–Kier alpha value is -2.41. The van der Waals surface area contributed by atoms with E-state index >= 15 is 0 Å². The Kier molecular flexibility index (Phi) is 5.57. The van der Waals surface area contributed by atoms with E-state index in [4.69, 9.17) is 4.74 Å². The van der Waals surface area contributed by atoms with Crippen LogP contribution in [0.1, 0.15) is 61.4 Å². The lowest BCUT2D eigenvalue weighted by molar-refractivity contribution is -0.146. The summed E-state index contributed by atoms with van der Waals surface area (Å²) < 4.78 is 6.31. The molecule has 0 aromatic heterocycles. The lowest BCUT2D eigenvalue weighted by Crippen LogP contribution is -2.52. The molecule has 1 N–H and O–H groups in total. The highest BCUT2D eigenvalue weighted by Crippen LogP contribution is 2.40. The van der Waals surface area contributed by atoms with E-state index in [9.17, 15) is 19.5 Å². The molecule has 3 aliphatic rings. The van der Waals surface area contributed by atoms with Crippen LogP contribution in [0.25, 0.3) is 0 Å². The SMILES string of the molecule is Cc1ccc2c(c1)C(=O)C[C@@]1(CCC(=O)N([C@@H](C)C(=O)N3CCC(O)CC3)CC1)O2. The zero-order valence-electron chi connectivity index (χ0n) is 17.7. The van der Waals surface area contributed by atoms with E-state index in [1.807, 2.05) is 25.1 Å². The van der Waals surface area contributed by atoms with Gasteiger partial charge in [0.15, 0.2) is 5.78 Å². The smallest absolute Gasteiger partial charge is 0.245 e. The van der Waals surface area contributed by atoms with Crippen molar-refractivity contribution in [2.45, 2.75) is 70.1 Å². The summed E-state index contributed by atoms with van der Waals surface area (Å²) in [6.45, 7) is 5.14. The van der Waals surface area contributed by atoms with Gasteiger partial charge in [0.1, 0.15) is 17.4 Å². The highest BCUT2D eigenvalue weighted by Gasteiger charge is 2.44. The Bertz CT molecular complexity index is 861. The van der Waals surface area contributed by atoms with Crippen LogP contribution in [0.2, 0.25) is 0 Å². The number of fused-ring (bicyclic) bond motifs is 1. The summed E-state index contributed by atoms with van der Waals surface area (Å²) in [5.41, 5.74) is 0.937. The minimum Gasteiger partial charge on any atom is -0.486 e. The van der Waals surface area contributed by atoms with Crippen LogP contribution in [-0.2, 0) is 9.59 Å². The number of hydrogen-bond acceptors (Lipinski definition) is 5. The monoisotopic (exact) mass is 414 g/mol. The van der Waals surface area contributed by atoms with Crippen LogP contribution in [0.5, 0.6) is 5.75 Å². The Morgan fingerprint density at radius 1 is 1.20 bits per heavy atom. The molecule has 7 heteroatoms. The topological polar surface area (TPSA) is 87.2 Å². The predicted molar refractivity (Wildman–Crippen MR) is 110 cm³/mol. The molecule has 1 spiro atoms. The van der Waals surface area contributed by atoms with Gasteiger partial charge in [0.2, 0.25) is 11.8 Å². The molecule has 2 amide bonds. The standard InChI is InChI=1S/C23H30N2O5/c1-15-3-4-20-18(13-15)19(27)14-23(30-20)8-5-21(28)25(12-9-23)16(2)22(29)24-10-6-17(26)7-11-24/h3-4,13,16-17,26H,5-12,14H2,1-2H3/t16-,23-/m0/s1. The first-order chi connectivity index (χ1) is 14.3. The van der Waals surface area contributed by atoms with Crippen molar-refractivity contribution in [1.82, 2.24) is 9.80 Å². The molecule has 0 bridgehead atoms. The maximum atomic E-state index is 12.9. The third kappa shape index (κ3) is 3.95. The molecule has 2 fully saturated rings. The van der Waals surface area contributed by atoms with Crippen molar-refractivity contribution >= 4 is 17.6 Å². The average Bonchev–Trinajstić information content (AvgIpc) is 2.87. The van der Waals surface area contributed by atoms with Crippen LogP contribution in [-0.4, -0.2) is 69.9 Å². The van der Waals surface area contributed by atoms with Gasteiger partial charge in [0.25, 0.3) is 0 Å². The van der Waals surface area contributed by atoms with Gasteiger partial charge in [-0.2, -0.15) is 0 Å². The van der Waals surface area contributed by atoms with E-state index in [1.54, 1.807) is 16.7 Å². The van der Waals surface area contributed by atoms with Gasteiger partial charge in [-0.05, 0) is 45.2 Å². The summed E-state index contributed by atoms with van der Waals surface area (Å²) in [6.07, 6.45) is 2.31. The number of piperidine rings is 1. The van der Waals surface area contributed by atoms with E-state index in [1.165, 1.54) is 0 Å². The molecule has 2 atom stereocenters. The Morgan fingerprint density at radius 3 is 2.67 bits per heavy atom. The minimum atomic E-state index is -0.693. The number of carbonyl (C=O) groups is 3. The Balaban J connectivity index is 1.47. The summed E-state index contributed by atoms with van der Waals surface area (Å²) in [4.78, 5) is 42.0. The maximum Gasteiger partial charge on any atom is 0.245 e. The van der Waals surface area contributed by atoms with Crippen LogP contribution < -0.4 is 4.74 Å². The molecular formula is C23H30N2O5. The molecule has 1 aromatic carbocycles. The third-order valence-electron chi connectivity index (χ3n) is 6.77. The van der Waals surface area contributed by atoms with Gasteiger partial charge in [-0.15, -0.1) is 0 Å². The molecule has 162 valence electrons. The second-order valence-electron chi connectivity index (χ2n) is 8.95. The van der Waals surface area contributed by atoms with E-state index in [0.29, 0.717) is 56.6 Å². The molecule has 4 rings (SSSR count). The van der Waals surface area contributed by atoms with Gasteiger partial charge in [-0.3, -0.25) is 14.4 Å². The number of likely N-dealkylation sites (tertiary alicyclic amines) is 2. The number of nitrogens with zero attached hydrogens (tertiary/aromatic N) is 2. The molecular weight excluding hydrogens is 384 g/mol. The van der Waals surface area contributed by atoms with Crippen molar-refractivity contribution in [1.29, 1.82) is 0 Å². The molecule has 0 unspecified atom stereocenters. The van der Waals surface area contributed by atoms with Gasteiger partial charge < -0.3 is 19.6 Å². The van der Waals surface area contributed by atoms with Gasteiger partial charge in [0.05, 0.1) is 18.1 Å². The van der Waals surface area contributed by atoms with Crippen molar-refractivity contribution in [2.75, 3.05) is 19.6 Å². The molecule has 7 nitrogen and oxygen atoms in total. The van der Waals surface area contributed by atoms with Crippen LogP contribution in [0.4, 0.5) is 0 Å². The second-order valence-corrected chi connectivity index (χ2v) is 8.95. The number of aryl methyl sites for hydroxylation is 1. The van der Waals surface area contributed by atoms with E-state index in [2.05, 4.69) is 0 Å². The summed E-state index contributed by atoms with van der Waals surface area (Å²) in [5, 5.41) is 9.68. The van der Waals surface area contributed by atoms with Crippen LogP contribution in [0.3, 0.4) is 0 Å². The molecule has 0 aliphatic carbocycles. The highest BCUT2D eigenvalue weighted by molar-refractivity contribution is 6.00. The zero-order valence-corrected chi connectivity index (χ0v) is 17.7. The molecule has 0 radical (unpaired) electrons. The average molecular weight is 415 g/mol. The fourth-order valence-electron chi connectivity index (χ4n) is 4.83. The van der Waals surface area contributed by atoms with Gasteiger partial charge in [-0.1, -0.05) is 11.6 Å². The van der Waals surface area contributed by atoms with E-state index < -0.39 is 11.6 Å². The maximum absolute atomic E-state index is 12.9. The van der Waals surface area contributed by atoms with Crippen molar-refractivity contribution in [2.24, 2.45) is 0 Å². The summed E-state index contributed by atoms with van der Waals surface area (Å²) in [5.74, 6) is 0.494. The highest BCUT2D eigenvalue weighted by atomic mass is 16.5. The van der Waals surface area contributed by atoms with Crippen LogP contribution >= 0.6 is 0 Å². The molecule has 3 heterocycles. The first-order valence-electron chi connectivity index (χ1n) is 10.9. The van der Waals surface area contributed by atoms with Gasteiger partial charge in [0, 0.05) is 32.5 Å². The number of ketones is 1. The number of amides is 2. The van der Waals surface area contributed by atoms with E-state index in [0.717, 1.165) is 5.56 Å². The molecule has 1 aromatic rings. The fourth-order valence-corrected chi connectivity index (χ4v) is 4.83. The van der Waals surface area contributed by atoms with Gasteiger partial charge in [-0.25, -0.2) is 0 Å². The van der Waals surface area contributed by atoms with Crippen molar-refractivity contribution < 1.29 is 24.2 Å². The lowest BCUT2D eigenvalue weighted by Gasteiger charge is -2.38. The van der Waals surface area contributed by atoms with Crippen LogP contribution in [0, 0.1) is 6.92 Å². The number of ether oxygens (including phenoxy) is 1. The number of carbonyl (C=O) groups excluding carboxylic acids is 3. The number of hydrogen-bond donors (Lipinski definition) is 1. The molecule has 30 heavy (non-hydrogen) atoms. The van der Waals surface area contributed by atoms with Crippen molar-refractivity contribution in [3.8, 4) is 5.75 Å². The number of benzene rings is 1. The summed E-state index contributed by atoms with van der Waals surface area (Å²) in [7, 11) is 0. The number of aliphatic hydroxyl groups is 1. The largest absolute Gasteiger partial charge is 0.486 e. The summed E-state index contributed by atoms with van der Waals surface area (Å²) in [6, 6.07) is 5.06. The lowest BCUT2D eigenvalue weighted by atomic mass is 9.84.